The molecule has 4 nitrogen and oxygen atoms in total. The van der Waals surface area contributed by atoms with Gasteiger partial charge < -0.3 is 9.84 Å². The van der Waals surface area contributed by atoms with Gasteiger partial charge in [0.2, 0.25) is 0 Å². The Morgan fingerprint density at radius 2 is 2.25 bits per heavy atom. The number of hydrogen-bond donors (Lipinski definition) is 1. The Morgan fingerprint density at radius 1 is 1.56 bits per heavy atom. The highest BCUT2D eigenvalue weighted by Gasteiger charge is 2.18. The molecule has 0 aromatic carbocycles. The van der Waals surface area contributed by atoms with E-state index in [1.165, 1.54) is 6.20 Å². The first-order chi connectivity index (χ1) is 7.46. The molecular formula is C12H17NO3. The highest BCUT2D eigenvalue weighted by Crippen LogP contribution is 2.17. The molecule has 16 heavy (non-hydrogen) atoms. The van der Waals surface area contributed by atoms with E-state index >= 15 is 0 Å². The fourth-order valence-electron chi connectivity index (χ4n) is 1.12. The fraction of sp³-hybridized carbons (Fsp3) is 0.500. The Balaban J connectivity index is 2.78. The van der Waals surface area contributed by atoms with Crippen LogP contribution in [0.5, 0.6) is 0 Å². The molecule has 0 bridgehead atoms. The Kier molecular flexibility index (Phi) is 4.01. The van der Waals surface area contributed by atoms with Crippen molar-refractivity contribution in [3.05, 3.63) is 29.6 Å². The lowest BCUT2D eigenvalue weighted by Crippen LogP contribution is -2.23. The first-order valence-electron chi connectivity index (χ1n) is 5.27. The lowest BCUT2D eigenvalue weighted by atomic mass is 10.1. The van der Waals surface area contributed by atoms with Crippen molar-refractivity contribution in [2.75, 3.05) is 0 Å². The number of carboxylic acids is 1. The first kappa shape index (κ1) is 12.6. The van der Waals surface area contributed by atoms with Gasteiger partial charge in [-0.1, -0.05) is 13.0 Å². The van der Waals surface area contributed by atoms with Crippen LogP contribution in [-0.4, -0.2) is 21.7 Å². The Hall–Kier alpha value is -1.42. The largest absolute Gasteiger partial charge is 0.477 e. The molecule has 0 fully saturated rings. The molecule has 88 valence electrons. The molecule has 0 aliphatic rings. The molecule has 1 heterocycles. The van der Waals surface area contributed by atoms with Crippen molar-refractivity contribution in [1.29, 1.82) is 0 Å². The Morgan fingerprint density at radius 3 is 2.81 bits per heavy atom. The second-order valence-corrected chi connectivity index (χ2v) is 4.22. The van der Waals surface area contributed by atoms with Crippen LogP contribution < -0.4 is 0 Å². The highest BCUT2D eigenvalue weighted by atomic mass is 16.5. The van der Waals surface area contributed by atoms with Crippen LogP contribution in [0.2, 0.25) is 0 Å². The zero-order valence-corrected chi connectivity index (χ0v) is 9.86. The van der Waals surface area contributed by atoms with Crippen LogP contribution in [0.25, 0.3) is 0 Å². The molecule has 1 aromatic heterocycles. The number of carbonyl (C=O) groups is 1. The monoisotopic (exact) mass is 223 g/mol. The van der Waals surface area contributed by atoms with E-state index in [-0.39, 0.29) is 17.9 Å². The summed E-state index contributed by atoms with van der Waals surface area (Å²) in [6, 6.07) is 3.44. The van der Waals surface area contributed by atoms with E-state index in [2.05, 4.69) is 4.98 Å². The quantitative estimate of drug-likeness (QED) is 0.833. The minimum Gasteiger partial charge on any atom is -0.477 e. The number of aromatic carboxylic acids is 1. The summed E-state index contributed by atoms with van der Waals surface area (Å²) in [4.78, 5) is 14.7. The average Bonchev–Trinajstić information content (AvgIpc) is 2.27. The predicted molar refractivity (Wildman–Crippen MR) is 60.4 cm³/mol. The maximum atomic E-state index is 10.9. The summed E-state index contributed by atoms with van der Waals surface area (Å²) >= 11 is 0. The van der Waals surface area contributed by atoms with E-state index in [0.717, 1.165) is 6.42 Å². The lowest BCUT2D eigenvalue weighted by molar-refractivity contribution is -0.0321. The normalized spacial score (nSPS) is 11.4. The molecule has 4 heteroatoms. The van der Waals surface area contributed by atoms with E-state index in [4.69, 9.17) is 9.84 Å². The van der Waals surface area contributed by atoms with Gasteiger partial charge in [-0.3, -0.25) is 0 Å². The molecule has 1 aromatic rings. The second-order valence-electron chi connectivity index (χ2n) is 4.22. The molecule has 0 saturated heterocycles. The van der Waals surface area contributed by atoms with Gasteiger partial charge in [0.05, 0.1) is 12.2 Å². The summed E-state index contributed by atoms with van der Waals surface area (Å²) in [6.45, 7) is 6.26. The van der Waals surface area contributed by atoms with Crippen LogP contribution in [0.1, 0.15) is 43.2 Å². The Labute approximate surface area is 95.3 Å². The molecule has 0 aliphatic heterocycles. The summed E-state index contributed by atoms with van der Waals surface area (Å²) in [6.07, 6.45) is 2.34. The van der Waals surface area contributed by atoms with E-state index < -0.39 is 5.97 Å². The number of carboxylic acid groups (broad SMARTS) is 1. The number of rotatable bonds is 5. The van der Waals surface area contributed by atoms with Gasteiger partial charge in [-0.05, 0) is 26.3 Å². The van der Waals surface area contributed by atoms with Gasteiger partial charge in [0.1, 0.15) is 0 Å². The van der Waals surface area contributed by atoms with Crippen molar-refractivity contribution >= 4 is 5.97 Å². The van der Waals surface area contributed by atoms with Crippen molar-refractivity contribution in [2.45, 2.75) is 39.4 Å². The van der Waals surface area contributed by atoms with Crippen LogP contribution in [0.3, 0.4) is 0 Å². The van der Waals surface area contributed by atoms with Gasteiger partial charge in [-0.25, -0.2) is 9.78 Å². The molecule has 0 radical (unpaired) electrons. The minimum atomic E-state index is -1.02. The molecule has 0 atom stereocenters. The molecule has 0 unspecified atom stereocenters. The van der Waals surface area contributed by atoms with Crippen molar-refractivity contribution in [3.63, 3.8) is 0 Å². The van der Waals surface area contributed by atoms with Gasteiger partial charge in [-0.2, -0.15) is 0 Å². The third kappa shape index (κ3) is 3.31. The maximum Gasteiger partial charge on any atom is 0.354 e. The second kappa shape index (κ2) is 5.07. The summed E-state index contributed by atoms with van der Waals surface area (Å²) in [5.41, 5.74) is 0.428. The molecule has 0 saturated carbocycles. The van der Waals surface area contributed by atoms with Crippen LogP contribution in [0.15, 0.2) is 18.3 Å². The number of ether oxygens (including phenoxy) is 1. The molecule has 0 spiro atoms. The van der Waals surface area contributed by atoms with Gasteiger partial charge in [0.25, 0.3) is 0 Å². The minimum absolute atomic E-state index is 0.0643. The maximum absolute atomic E-state index is 10.9. The van der Waals surface area contributed by atoms with E-state index in [1.807, 2.05) is 20.8 Å². The van der Waals surface area contributed by atoms with Crippen LogP contribution >= 0.6 is 0 Å². The predicted octanol–water partition coefficient (Wildman–Crippen LogP) is 2.49. The van der Waals surface area contributed by atoms with E-state index in [0.29, 0.717) is 5.56 Å². The van der Waals surface area contributed by atoms with Gasteiger partial charge >= 0.3 is 5.97 Å². The van der Waals surface area contributed by atoms with E-state index in [9.17, 15) is 4.79 Å². The summed E-state index contributed by atoms with van der Waals surface area (Å²) in [5.74, 6) is -1.02. The molecular weight excluding hydrogens is 206 g/mol. The lowest BCUT2D eigenvalue weighted by Gasteiger charge is -2.23. The summed E-state index contributed by atoms with van der Waals surface area (Å²) in [5, 5.41) is 8.93. The number of pyridine rings is 1. The summed E-state index contributed by atoms with van der Waals surface area (Å²) in [7, 11) is 0. The topological polar surface area (TPSA) is 59.4 Å². The van der Waals surface area contributed by atoms with Crippen molar-refractivity contribution in [2.24, 2.45) is 0 Å². The smallest absolute Gasteiger partial charge is 0.354 e. The average molecular weight is 223 g/mol. The zero-order chi connectivity index (χ0) is 12.2. The molecule has 1 N–H and O–H groups in total. The standard InChI is InChI=1S/C12H17NO3/c1-4-12(2,3)16-8-9-6-5-7-13-10(9)11(14)15/h5-7H,4,8H2,1-3H3,(H,14,15). The van der Waals surface area contributed by atoms with Gasteiger partial charge in [0.15, 0.2) is 5.69 Å². The fourth-order valence-corrected chi connectivity index (χ4v) is 1.12. The van der Waals surface area contributed by atoms with Crippen molar-refractivity contribution in [1.82, 2.24) is 4.98 Å². The third-order valence-corrected chi connectivity index (χ3v) is 2.56. The summed E-state index contributed by atoms with van der Waals surface area (Å²) < 4.78 is 5.65. The van der Waals surface area contributed by atoms with Gasteiger partial charge in [0, 0.05) is 11.8 Å². The number of aromatic nitrogens is 1. The third-order valence-electron chi connectivity index (χ3n) is 2.56. The van der Waals surface area contributed by atoms with Crippen molar-refractivity contribution < 1.29 is 14.6 Å². The van der Waals surface area contributed by atoms with Crippen LogP contribution in [-0.2, 0) is 11.3 Å². The van der Waals surface area contributed by atoms with Crippen LogP contribution in [0.4, 0.5) is 0 Å². The number of nitrogens with zero attached hydrogens (tertiary/aromatic N) is 1. The zero-order valence-electron chi connectivity index (χ0n) is 9.86. The van der Waals surface area contributed by atoms with Crippen molar-refractivity contribution in [3.8, 4) is 0 Å². The van der Waals surface area contributed by atoms with Gasteiger partial charge in [-0.15, -0.1) is 0 Å². The molecule has 0 aliphatic carbocycles. The van der Waals surface area contributed by atoms with Crippen LogP contribution in [0, 0.1) is 0 Å². The van der Waals surface area contributed by atoms with E-state index in [1.54, 1.807) is 12.1 Å². The first-order valence-corrected chi connectivity index (χ1v) is 5.27. The SMILES string of the molecule is CCC(C)(C)OCc1cccnc1C(=O)O. The highest BCUT2D eigenvalue weighted by molar-refractivity contribution is 5.86. The molecule has 1 rings (SSSR count). The molecule has 0 amide bonds. The number of hydrogen-bond acceptors (Lipinski definition) is 3. The Bertz CT molecular complexity index is 374.